The zero-order chi connectivity index (χ0) is 12.0. The van der Waals surface area contributed by atoms with Crippen molar-refractivity contribution in [2.45, 2.75) is 19.3 Å². The van der Waals surface area contributed by atoms with Crippen molar-refractivity contribution in [1.82, 2.24) is 10.2 Å². The first-order valence-electron chi connectivity index (χ1n) is 5.18. The summed E-state index contributed by atoms with van der Waals surface area (Å²) in [7, 11) is 0. The van der Waals surface area contributed by atoms with E-state index in [2.05, 4.69) is 5.32 Å². The number of carbonyl (C=O) groups is 3. The van der Waals surface area contributed by atoms with E-state index in [1.165, 1.54) is 17.1 Å². The Morgan fingerprint density at radius 3 is 2.38 bits per heavy atom. The number of nitrogens with zero attached hydrogens (tertiary/aromatic N) is 1. The standard InChI is InChI=1S/C10H15N3O3/c11-10(16)12-6-2-1-3-7-13-8(14)4-5-9(13)15/h4-5H,1-3,6-7H2,(H3,11,12,16). The first-order chi connectivity index (χ1) is 7.61. The van der Waals surface area contributed by atoms with Gasteiger partial charge in [0.1, 0.15) is 0 Å². The normalized spacial score (nSPS) is 14.6. The van der Waals surface area contributed by atoms with E-state index in [1.807, 2.05) is 0 Å². The predicted octanol–water partition coefficient (Wildman–Crippen LogP) is -0.250. The molecule has 1 aliphatic heterocycles. The minimum Gasteiger partial charge on any atom is -0.352 e. The highest BCUT2D eigenvalue weighted by Crippen LogP contribution is 2.06. The summed E-state index contributed by atoms with van der Waals surface area (Å²) in [5.41, 5.74) is 4.89. The van der Waals surface area contributed by atoms with Crippen LogP contribution in [-0.4, -0.2) is 35.8 Å². The molecule has 0 aromatic carbocycles. The number of nitrogens with two attached hydrogens (primary N) is 1. The highest BCUT2D eigenvalue weighted by atomic mass is 16.2. The van der Waals surface area contributed by atoms with Crippen molar-refractivity contribution < 1.29 is 14.4 Å². The average molecular weight is 225 g/mol. The molecular weight excluding hydrogens is 210 g/mol. The van der Waals surface area contributed by atoms with Gasteiger partial charge in [-0.05, 0) is 19.3 Å². The first kappa shape index (κ1) is 12.2. The molecular formula is C10H15N3O3. The van der Waals surface area contributed by atoms with Gasteiger partial charge in [-0.3, -0.25) is 14.5 Å². The van der Waals surface area contributed by atoms with Gasteiger partial charge in [0.25, 0.3) is 11.8 Å². The Labute approximate surface area is 93.5 Å². The molecule has 1 heterocycles. The van der Waals surface area contributed by atoms with Crippen LogP contribution in [0.5, 0.6) is 0 Å². The number of amides is 4. The van der Waals surface area contributed by atoms with E-state index >= 15 is 0 Å². The zero-order valence-corrected chi connectivity index (χ0v) is 8.94. The zero-order valence-electron chi connectivity index (χ0n) is 8.94. The predicted molar refractivity (Wildman–Crippen MR) is 57.3 cm³/mol. The van der Waals surface area contributed by atoms with Gasteiger partial charge in [-0.15, -0.1) is 0 Å². The third kappa shape index (κ3) is 3.72. The molecule has 6 nitrogen and oxygen atoms in total. The number of carbonyl (C=O) groups excluding carboxylic acids is 3. The summed E-state index contributed by atoms with van der Waals surface area (Å²) in [5, 5.41) is 2.47. The van der Waals surface area contributed by atoms with Crippen molar-refractivity contribution in [3.63, 3.8) is 0 Å². The van der Waals surface area contributed by atoms with E-state index in [1.54, 1.807) is 0 Å². The average Bonchev–Trinajstić information content (AvgIpc) is 2.53. The van der Waals surface area contributed by atoms with Crippen LogP contribution >= 0.6 is 0 Å². The van der Waals surface area contributed by atoms with E-state index in [-0.39, 0.29) is 11.8 Å². The Morgan fingerprint density at radius 1 is 1.19 bits per heavy atom. The van der Waals surface area contributed by atoms with Crippen LogP contribution in [0.3, 0.4) is 0 Å². The monoisotopic (exact) mass is 225 g/mol. The molecule has 0 atom stereocenters. The van der Waals surface area contributed by atoms with Gasteiger partial charge in [0.2, 0.25) is 0 Å². The fourth-order valence-electron chi connectivity index (χ4n) is 1.43. The van der Waals surface area contributed by atoms with Crippen LogP contribution in [0.25, 0.3) is 0 Å². The highest BCUT2D eigenvalue weighted by Gasteiger charge is 2.21. The Kier molecular flexibility index (Phi) is 4.50. The number of rotatable bonds is 6. The van der Waals surface area contributed by atoms with Crippen LogP contribution < -0.4 is 11.1 Å². The first-order valence-corrected chi connectivity index (χ1v) is 5.18. The van der Waals surface area contributed by atoms with Crippen LogP contribution in [0, 0.1) is 0 Å². The van der Waals surface area contributed by atoms with Crippen LogP contribution in [0.15, 0.2) is 12.2 Å². The molecule has 0 aliphatic carbocycles. The molecule has 0 bridgehead atoms. The maximum Gasteiger partial charge on any atom is 0.312 e. The van der Waals surface area contributed by atoms with Gasteiger partial charge < -0.3 is 11.1 Å². The molecule has 0 aromatic heterocycles. The Morgan fingerprint density at radius 2 is 1.81 bits per heavy atom. The maximum atomic E-state index is 11.1. The molecule has 0 saturated heterocycles. The number of primary amides is 1. The second-order valence-electron chi connectivity index (χ2n) is 3.51. The van der Waals surface area contributed by atoms with Gasteiger partial charge >= 0.3 is 6.03 Å². The SMILES string of the molecule is NC(=O)NCCCCCN1C(=O)C=CC1=O. The van der Waals surface area contributed by atoms with Crippen LogP contribution in [-0.2, 0) is 9.59 Å². The molecule has 0 radical (unpaired) electrons. The summed E-state index contributed by atoms with van der Waals surface area (Å²) in [4.78, 5) is 33.8. The molecule has 1 aliphatic rings. The summed E-state index contributed by atoms with van der Waals surface area (Å²) >= 11 is 0. The quantitative estimate of drug-likeness (QED) is 0.482. The lowest BCUT2D eigenvalue weighted by Crippen LogP contribution is -2.31. The lowest BCUT2D eigenvalue weighted by molar-refractivity contribution is -0.136. The van der Waals surface area contributed by atoms with Gasteiger partial charge in [-0.1, -0.05) is 0 Å². The maximum absolute atomic E-state index is 11.1. The molecule has 88 valence electrons. The number of urea groups is 1. The Hall–Kier alpha value is -1.85. The second kappa shape index (κ2) is 5.89. The fraction of sp³-hybridized carbons (Fsp3) is 0.500. The summed E-state index contributed by atoms with van der Waals surface area (Å²) in [6.45, 7) is 0.955. The van der Waals surface area contributed by atoms with E-state index in [4.69, 9.17) is 5.73 Å². The van der Waals surface area contributed by atoms with Crippen LogP contribution in [0.1, 0.15) is 19.3 Å². The number of hydrogen-bond donors (Lipinski definition) is 2. The second-order valence-corrected chi connectivity index (χ2v) is 3.51. The molecule has 16 heavy (non-hydrogen) atoms. The molecule has 0 saturated carbocycles. The fourth-order valence-corrected chi connectivity index (χ4v) is 1.43. The van der Waals surface area contributed by atoms with Crippen molar-refractivity contribution in [3.05, 3.63) is 12.2 Å². The van der Waals surface area contributed by atoms with Crippen LogP contribution in [0.2, 0.25) is 0 Å². The van der Waals surface area contributed by atoms with E-state index in [9.17, 15) is 14.4 Å². The number of nitrogens with one attached hydrogen (secondary N) is 1. The topological polar surface area (TPSA) is 92.5 Å². The molecule has 0 aromatic rings. The lowest BCUT2D eigenvalue weighted by atomic mass is 10.2. The van der Waals surface area contributed by atoms with Gasteiger partial charge in [-0.25, -0.2) is 4.79 Å². The van der Waals surface area contributed by atoms with Gasteiger partial charge in [0.15, 0.2) is 0 Å². The minimum absolute atomic E-state index is 0.250. The molecule has 0 unspecified atom stereocenters. The molecule has 0 fully saturated rings. The molecule has 1 rings (SSSR count). The largest absolute Gasteiger partial charge is 0.352 e. The van der Waals surface area contributed by atoms with E-state index in [0.717, 1.165) is 19.3 Å². The summed E-state index contributed by atoms with van der Waals surface area (Å²) in [5.74, 6) is -0.500. The lowest BCUT2D eigenvalue weighted by Gasteiger charge is -2.12. The van der Waals surface area contributed by atoms with Crippen molar-refractivity contribution in [2.24, 2.45) is 5.73 Å². The van der Waals surface area contributed by atoms with Crippen molar-refractivity contribution in [2.75, 3.05) is 13.1 Å². The molecule has 4 amide bonds. The van der Waals surface area contributed by atoms with E-state index < -0.39 is 6.03 Å². The molecule has 6 heteroatoms. The third-order valence-electron chi connectivity index (χ3n) is 2.26. The van der Waals surface area contributed by atoms with Gasteiger partial charge in [-0.2, -0.15) is 0 Å². The molecule has 0 spiro atoms. The minimum atomic E-state index is -0.533. The van der Waals surface area contributed by atoms with Crippen molar-refractivity contribution in [3.8, 4) is 0 Å². The summed E-state index contributed by atoms with van der Waals surface area (Å²) in [6, 6.07) is -0.533. The van der Waals surface area contributed by atoms with Crippen LogP contribution in [0.4, 0.5) is 4.79 Å². The van der Waals surface area contributed by atoms with Gasteiger partial charge in [0, 0.05) is 25.2 Å². The van der Waals surface area contributed by atoms with E-state index in [0.29, 0.717) is 13.1 Å². The summed E-state index contributed by atoms with van der Waals surface area (Å²) < 4.78 is 0. The Bertz CT molecular complexity index is 307. The van der Waals surface area contributed by atoms with Gasteiger partial charge in [0.05, 0.1) is 0 Å². The van der Waals surface area contributed by atoms with Crippen molar-refractivity contribution >= 4 is 17.8 Å². The molecule has 3 N–H and O–H groups in total. The van der Waals surface area contributed by atoms with Crippen molar-refractivity contribution in [1.29, 1.82) is 0 Å². The smallest absolute Gasteiger partial charge is 0.312 e. The third-order valence-corrected chi connectivity index (χ3v) is 2.26. The number of unbranched alkanes of at least 4 members (excludes halogenated alkanes) is 2. The highest BCUT2D eigenvalue weighted by molar-refractivity contribution is 6.12. The number of hydrogen-bond acceptors (Lipinski definition) is 3. The number of imide groups is 1. The summed E-state index contributed by atoms with van der Waals surface area (Å²) in [6.07, 6.45) is 4.90. The Balaban J connectivity index is 2.05.